The van der Waals surface area contributed by atoms with Gasteiger partial charge in [-0.05, 0) is 23.3 Å². The molecule has 7 nitrogen and oxygen atoms in total. The molecular weight excluding hydrogens is 244 g/mol. The predicted molar refractivity (Wildman–Crippen MR) is 61.6 cm³/mol. The van der Waals surface area contributed by atoms with E-state index in [4.69, 9.17) is 5.11 Å². The summed E-state index contributed by atoms with van der Waals surface area (Å²) >= 11 is 1.24. The van der Waals surface area contributed by atoms with Gasteiger partial charge in [0.25, 0.3) is 0 Å². The van der Waals surface area contributed by atoms with Crippen molar-refractivity contribution >= 4 is 17.7 Å². The molecule has 0 amide bonds. The molecule has 0 saturated carbocycles. The number of hydrogen-bond acceptors (Lipinski definition) is 6. The SMILES string of the molecule is CC(C)C(C)(O)CSc1nnnn1CC(=O)O. The lowest BCUT2D eigenvalue weighted by Crippen LogP contribution is -2.34. The Labute approximate surface area is 103 Å². The Morgan fingerprint density at radius 1 is 1.59 bits per heavy atom. The minimum Gasteiger partial charge on any atom is -0.480 e. The topological polar surface area (TPSA) is 101 Å². The number of aliphatic hydroxyl groups is 1. The largest absolute Gasteiger partial charge is 0.480 e. The van der Waals surface area contributed by atoms with E-state index in [1.165, 1.54) is 16.4 Å². The predicted octanol–water partition coefficient (Wildman–Crippen LogP) is 0.257. The lowest BCUT2D eigenvalue weighted by molar-refractivity contribution is -0.138. The molecule has 0 saturated heterocycles. The third-order valence-corrected chi connectivity index (χ3v) is 3.80. The highest BCUT2D eigenvalue weighted by molar-refractivity contribution is 7.99. The van der Waals surface area contributed by atoms with Gasteiger partial charge in [-0.2, -0.15) is 0 Å². The first-order valence-electron chi connectivity index (χ1n) is 5.16. The Hall–Kier alpha value is -1.15. The van der Waals surface area contributed by atoms with Crippen LogP contribution in [0.15, 0.2) is 5.16 Å². The second-order valence-electron chi connectivity index (χ2n) is 4.31. The van der Waals surface area contributed by atoms with Crippen LogP contribution in [0.1, 0.15) is 20.8 Å². The fourth-order valence-electron chi connectivity index (χ4n) is 0.905. The summed E-state index contributed by atoms with van der Waals surface area (Å²) in [7, 11) is 0. The molecule has 2 N–H and O–H groups in total. The highest BCUT2D eigenvalue weighted by atomic mass is 32.2. The van der Waals surface area contributed by atoms with Crippen LogP contribution >= 0.6 is 11.8 Å². The van der Waals surface area contributed by atoms with Crippen LogP contribution in [0, 0.1) is 5.92 Å². The normalized spacial score (nSPS) is 14.9. The number of carboxylic acid groups (broad SMARTS) is 1. The Morgan fingerprint density at radius 2 is 2.24 bits per heavy atom. The van der Waals surface area contributed by atoms with Gasteiger partial charge in [0, 0.05) is 5.75 Å². The fraction of sp³-hybridized carbons (Fsp3) is 0.778. The minimum atomic E-state index is -1.00. The number of thioether (sulfide) groups is 1. The second kappa shape index (κ2) is 5.46. The number of carboxylic acids is 1. The van der Waals surface area contributed by atoms with Crippen LogP contribution < -0.4 is 0 Å². The van der Waals surface area contributed by atoms with E-state index in [0.717, 1.165) is 0 Å². The van der Waals surface area contributed by atoms with Crippen LogP contribution in [-0.2, 0) is 11.3 Å². The second-order valence-corrected chi connectivity index (χ2v) is 5.26. The lowest BCUT2D eigenvalue weighted by atomic mass is 9.95. The average Bonchev–Trinajstić information content (AvgIpc) is 2.61. The highest BCUT2D eigenvalue weighted by Crippen LogP contribution is 2.25. The summed E-state index contributed by atoms with van der Waals surface area (Å²) in [5, 5.41) is 29.8. The molecule has 0 spiro atoms. The highest BCUT2D eigenvalue weighted by Gasteiger charge is 2.26. The Morgan fingerprint density at radius 3 is 2.76 bits per heavy atom. The van der Waals surface area contributed by atoms with Gasteiger partial charge in [0.05, 0.1) is 5.60 Å². The third-order valence-electron chi connectivity index (χ3n) is 2.52. The van der Waals surface area contributed by atoms with Crippen molar-refractivity contribution in [1.29, 1.82) is 0 Å². The van der Waals surface area contributed by atoms with E-state index >= 15 is 0 Å². The summed E-state index contributed by atoms with van der Waals surface area (Å²) in [6.07, 6.45) is 0. The maximum atomic E-state index is 10.6. The van der Waals surface area contributed by atoms with Gasteiger partial charge in [0.15, 0.2) is 0 Å². The zero-order valence-corrected chi connectivity index (χ0v) is 10.8. The molecule has 0 aliphatic carbocycles. The molecule has 0 fully saturated rings. The first-order valence-corrected chi connectivity index (χ1v) is 6.14. The van der Waals surface area contributed by atoms with E-state index in [1.54, 1.807) is 6.92 Å². The first kappa shape index (κ1) is 13.9. The van der Waals surface area contributed by atoms with Gasteiger partial charge in [-0.15, -0.1) is 5.10 Å². The van der Waals surface area contributed by atoms with Crippen molar-refractivity contribution in [2.45, 2.75) is 38.1 Å². The molecule has 0 bridgehead atoms. The zero-order valence-electron chi connectivity index (χ0n) is 9.99. The molecule has 1 aromatic heterocycles. The number of aromatic nitrogens is 4. The molecule has 8 heteroatoms. The molecule has 0 aromatic carbocycles. The summed E-state index contributed by atoms with van der Waals surface area (Å²) in [6.45, 7) is 5.29. The molecule has 0 radical (unpaired) electrons. The number of nitrogens with zero attached hydrogens (tertiary/aromatic N) is 4. The van der Waals surface area contributed by atoms with Gasteiger partial charge < -0.3 is 10.2 Å². The van der Waals surface area contributed by atoms with E-state index in [0.29, 0.717) is 10.9 Å². The molecule has 0 aliphatic rings. The Balaban J connectivity index is 2.63. The van der Waals surface area contributed by atoms with Crippen molar-refractivity contribution in [2.75, 3.05) is 5.75 Å². The zero-order chi connectivity index (χ0) is 13.1. The maximum absolute atomic E-state index is 10.6. The van der Waals surface area contributed by atoms with Gasteiger partial charge in [-0.25, -0.2) is 4.68 Å². The molecule has 1 aromatic rings. The molecule has 96 valence electrons. The number of hydrogen-bond donors (Lipinski definition) is 2. The Bertz CT molecular complexity index is 391. The van der Waals surface area contributed by atoms with Crippen molar-refractivity contribution in [1.82, 2.24) is 20.2 Å². The van der Waals surface area contributed by atoms with Gasteiger partial charge >= 0.3 is 5.97 Å². The van der Waals surface area contributed by atoms with E-state index in [1.807, 2.05) is 13.8 Å². The fourth-order valence-corrected chi connectivity index (χ4v) is 2.00. The number of carbonyl (C=O) groups is 1. The van der Waals surface area contributed by atoms with Crippen LogP contribution in [0.5, 0.6) is 0 Å². The molecule has 1 atom stereocenters. The third kappa shape index (κ3) is 3.97. The number of aliphatic carboxylic acids is 1. The quantitative estimate of drug-likeness (QED) is 0.707. The van der Waals surface area contributed by atoms with E-state index in [9.17, 15) is 9.90 Å². The molecule has 1 unspecified atom stereocenters. The van der Waals surface area contributed by atoms with Crippen LogP contribution in [0.25, 0.3) is 0 Å². The molecule has 0 aliphatic heterocycles. The summed E-state index contributed by atoms with van der Waals surface area (Å²) < 4.78 is 1.20. The van der Waals surface area contributed by atoms with Crippen molar-refractivity contribution < 1.29 is 15.0 Å². The number of tetrazole rings is 1. The van der Waals surface area contributed by atoms with Crippen LogP contribution in [0.2, 0.25) is 0 Å². The standard InChI is InChI=1S/C9H16N4O3S/c1-6(2)9(3,16)5-17-8-10-11-12-13(8)4-7(14)15/h6,16H,4-5H2,1-3H3,(H,14,15). The molecule has 1 heterocycles. The minimum absolute atomic E-state index is 0.0961. The van der Waals surface area contributed by atoms with Crippen LogP contribution in [-0.4, -0.2) is 47.7 Å². The Kier molecular flexibility index (Phi) is 4.47. The lowest BCUT2D eigenvalue weighted by Gasteiger charge is -2.26. The van der Waals surface area contributed by atoms with Gasteiger partial charge in [0.1, 0.15) is 6.54 Å². The van der Waals surface area contributed by atoms with Crippen molar-refractivity contribution in [3.05, 3.63) is 0 Å². The molecule has 17 heavy (non-hydrogen) atoms. The summed E-state index contributed by atoms with van der Waals surface area (Å²) in [5.41, 5.74) is -0.843. The number of rotatable bonds is 6. The monoisotopic (exact) mass is 260 g/mol. The smallest absolute Gasteiger partial charge is 0.325 e. The average molecular weight is 260 g/mol. The summed E-state index contributed by atoms with van der Waals surface area (Å²) in [5.74, 6) is -0.501. The van der Waals surface area contributed by atoms with Gasteiger partial charge in [-0.3, -0.25) is 4.79 Å². The van der Waals surface area contributed by atoms with E-state index in [2.05, 4.69) is 15.5 Å². The first-order chi connectivity index (χ1) is 7.83. The molecule has 1 rings (SSSR count). The molecular formula is C9H16N4O3S. The van der Waals surface area contributed by atoms with Crippen molar-refractivity contribution in [3.8, 4) is 0 Å². The van der Waals surface area contributed by atoms with E-state index in [-0.39, 0.29) is 12.5 Å². The van der Waals surface area contributed by atoms with E-state index < -0.39 is 11.6 Å². The van der Waals surface area contributed by atoms with Crippen molar-refractivity contribution in [2.24, 2.45) is 5.92 Å². The van der Waals surface area contributed by atoms with Crippen LogP contribution in [0.4, 0.5) is 0 Å². The summed E-state index contributed by atoms with van der Waals surface area (Å²) in [4.78, 5) is 10.6. The van der Waals surface area contributed by atoms with Gasteiger partial charge in [-0.1, -0.05) is 25.6 Å². The van der Waals surface area contributed by atoms with Gasteiger partial charge in [0.2, 0.25) is 5.16 Å². The summed E-state index contributed by atoms with van der Waals surface area (Å²) in [6, 6.07) is 0. The maximum Gasteiger partial charge on any atom is 0.325 e. The van der Waals surface area contributed by atoms with Crippen molar-refractivity contribution in [3.63, 3.8) is 0 Å². The van der Waals surface area contributed by atoms with Crippen LogP contribution in [0.3, 0.4) is 0 Å².